The molecule has 116 valence electrons. The lowest BCUT2D eigenvalue weighted by molar-refractivity contribution is -0.236. The molecule has 0 aliphatic carbocycles. The molecule has 0 amide bonds. The molecule has 0 unspecified atom stereocenters. The first kappa shape index (κ1) is 15.6. The number of halogens is 3. The quantitative estimate of drug-likeness (QED) is 0.894. The third-order valence-electron chi connectivity index (χ3n) is 4.00. The van der Waals surface area contributed by atoms with E-state index in [0.717, 1.165) is 0 Å². The Morgan fingerprint density at radius 1 is 1.52 bits per heavy atom. The molecule has 1 aliphatic heterocycles. The number of rotatable bonds is 4. The van der Waals surface area contributed by atoms with Gasteiger partial charge >= 0.3 is 12.1 Å². The summed E-state index contributed by atoms with van der Waals surface area (Å²) in [5.41, 5.74) is -2.12. The maximum Gasteiger partial charge on any atom is 0.406 e. The van der Waals surface area contributed by atoms with E-state index >= 15 is 0 Å². The number of aliphatic carboxylic acids is 1. The van der Waals surface area contributed by atoms with Gasteiger partial charge in [0.1, 0.15) is 5.75 Å². The number of hydrogen-bond donors (Lipinski definition) is 2. The van der Waals surface area contributed by atoms with Gasteiger partial charge in [-0.3, -0.25) is 4.79 Å². The molecule has 7 heteroatoms. The van der Waals surface area contributed by atoms with Gasteiger partial charge < -0.3 is 15.2 Å². The summed E-state index contributed by atoms with van der Waals surface area (Å²) in [6.07, 6.45) is -4.78. The highest BCUT2D eigenvalue weighted by atomic mass is 19.4. The number of ether oxygens (including phenoxy) is 1. The minimum absolute atomic E-state index is 0.0169. The van der Waals surface area contributed by atoms with Gasteiger partial charge in [0.05, 0.1) is 7.11 Å². The van der Waals surface area contributed by atoms with Gasteiger partial charge in [-0.2, -0.15) is 13.2 Å². The fraction of sp³-hybridized carbons (Fsp3) is 0.500. The van der Waals surface area contributed by atoms with Crippen LogP contribution in [0.4, 0.5) is 13.2 Å². The average Bonchev–Trinajstić information content (AvgIpc) is 2.83. The Hall–Kier alpha value is -1.76. The number of nitrogens with one attached hydrogen (secondary N) is 1. The molecule has 2 N–H and O–H groups in total. The van der Waals surface area contributed by atoms with E-state index in [0.29, 0.717) is 11.3 Å². The molecule has 1 aliphatic rings. The van der Waals surface area contributed by atoms with Crippen LogP contribution in [-0.2, 0) is 11.2 Å². The molecule has 0 aromatic heterocycles. The number of carbonyl (C=O) groups is 1. The van der Waals surface area contributed by atoms with Crippen molar-refractivity contribution in [1.29, 1.82) is 0 Å². The Balaban J connectivity index is 2.31. The Labute approximate surface area is 119 Å². The molecule has 0 radical (unpaired) electrons. The first-order valence-electron chi connectivity index (χ1n) is 6.45. The van der Waals surface area contributed by atoms with E-state index in [2.05, 4.69) is 5.32 Å². The zero-order valence-electron chi connectivity index (χ0n) is 11.4. The standard InChI is InChI=1S/C14H16F3NO3/c1-21-11-4-2-3-9(6-11)5-10-7-18-8-13(10,12(19)20)14(15,16)17/h2-4,6,10,18H,5,7-8H2,1H3,(H,19,20)/t10-,13-/m1/s1. The van der Waals surface area contributed by atoms with Crippen molar-refractivity contribution in [3.8, 4) is 5.75 Å². The van der Waals surface area contributed by atoms with Gasteiger partial charge in [0.2, 0.25) is 0 Å². The van der Waals surface area contributed by atoms with Crippen molar-refractivity contribution in [1.82, 2.24) is 5.32 Å². The molecule has 1 saturated heterocycles. The number of methoxy groups -OCH3 is 1. The monoisotopic (exact) mass is 303 g/mol. The summed E-state index contributed by atoms with van der Waals surface area (Å²) >= 11 is 0. The van der Waals surface area contributed by atoms with Crippen LogP contribution in [0.3, 0.4) is 0 Å². The summed E-state index contributed by atoms with van der Waals surface area (Å²) in [6, 6.07) is 6.66. The molecule has 21 heavy (non-hydrogen) atoms. The fourth-order valence-electron chi connectivity index (χ4n) is 2.80. The second kappa shape index (κ2) is 5.55. The Morgan fingerprint density at radius 3 is 2.81 bits per heavy atom. The second-order valence-corrected chi connectivity index (χ2v) is 5.16. The van der Waals surface area contributed by atoms with Gasteiger partial charge in [-0.25, -0.2) is 0 Å². The smallest absolute Gasteiger partial charge is 0.406 e. The van der Waals surface area contributed by atoms with Gasteiger partial charge in [-0.15, -0.1) is 0 Å². The zero-order chi connectivity index (χ0) is 15.7. The third-order valence-corrected chi connectivity index (χ3v) is 4.00. The predicted octanol–water partition coefficient (Wildman–Crippen LogP) is 2.09. The molecule has 1 fully saturated rings. The molecule has 2 rings (SSSR count). The molecule has 1 aromatic carbocycles. The van der Waals surface area contributed by atoms with Crippen molar-refractivity contribution in [3.05, 3.63) is 29.8 Å². The number of hydrogen-bond acceptors (Lipinski definition) is 3. The van der Waals surface area contributed by atoms with Crippen LogP contribution in [0.1, 0.15) is 5.56 Å². The van der Waals surface area contributed by atoms with Gasteiger partial charge in [0, 0.05) is 12.5 Å². The lowest BCUT2D eigenvalue weighted by atomic mass is 9.74. The Bertz CT molecular complexity index is 532. The van der Waals surface area contributed by atoms with Crippen LogP contribution in [0, 0.1) is 11.3 Å². The molecular weight excluding hydrogens is 287 g/mol. The summed E-state index contributed by atoms with van der Waals surface area (Å²) < 4.78 is 45.0. The average molecular weight is 303 g/mol. The van der Waals surface area contributed by atoms with Crippen molar-refractivity contribution in [2.75, 3.05) is 20.2 Å². The van der Waals surface area contributed by atoms with Gasteiger partial charge in [0.15, 0.2) is 5.41 Å². The molecule has 4 nitrogen and oxygen atoms in total. The van der Waals surface area contributed by atoms with Crippen LogP contribution >= 0.6 is 0 Å². The predicted molar refractivity (Wildman–Crippen MR) is 69.2 cm³/mol. The van der Waals surface area contributed by atoms with Crippen LogP contribution in [0.5, 0.6) is 5.75 Å². The van der Waals surface area contributed by atoms with Crippen molar-refractivity contribution >= 4 is 5.97 Å². The largest absolute Gasteiger partial charge is 0.497 e. The summed E-state index contributed by atoms with van der Waals surface area (Å²) in [5, 5.41) is 11.7. The number of carboxylic acids is 1. The summed E-state index contributed by atoms with van der Waals surface area (Å²) in [4.78, 5) is 11.3. The van der Waals surface area contributed by atoms with E-state index < -0.39 is 30.0 Å². The van der Waals surface area contributed by atoms with E-state index in [1.165, 1.54) is 7.11 Å². The normalized spacial score (nSPS) is 25.8. The van der Waals surface area contributed by atoms with E-state index in [9.17, 15) is 18.0 Å². The maximum atomic E-state index is 13.3. The summed E-state index contributed by atoms with van der Waals surface area (Å²) in [7, 11) is 1.47. The van der Waals surface area contributed by atoms with Gasteiger partial charge in [-0.1, -0.05) is 12.1 Å². The molecule has 2 atom stereocenters. The first-order chi connectivity index (χ1) is 9.81. The van der Waals surface area contributed by atoms with E-state index in [1.807, 2.05) is 0 Å². The van der Waals surface area contributed by atoms with E-state index in [4.69, 9.17) is 9.84 Å². The number of carboxylic acid groups (broad SMARTS) is 1. The molecule has 1 aromatic rings. The third kappa shape index (κ3) is 2.70. The highest BCUT2D eigenvalue weighted by Gasteiger charge is 2.66. The molecule has 0 bridgehead atoms. The van der Waals surface area contributed by atoms with Gasteiger partial charge in [0.25, 0.3) is 0 Å². The van der Waals surface area contributed by atoms with E-state index in [-0.39, 0.29) is 13.0 Å². The first-order valence-corrected chi connectivity index (χ1v) is 6.45. The Morgan fingerprint density at radius 2 is 2.24 bits per heavy atom. The lowest BCUT2D eigenvalue weighted by Crippen LogP contribution is -2.51. The molecular formula is C14H16F3NO3. The molecule has 1 heterocycles. The minimum atomic E-state index is -4.80. The van der Waals surface area contributed by atoms with Crippen LogP contribution in [0.25, 0.3) is 0 Å². The van der Waals surface area contributed by atoms with Crippen molar-refractivity contribution in [3.63, 3.8) is 0 Å². The van der Waals surface area contributed by atoms with Crippen molar-refractivity contribution < 1.29 is 27.8 Å². The van der Waals surface area contributed by atoms with Crippen molar-refractivity contribution in [2.45, 2.75) is 12.6 Å². The van der Waals surface area contributed by atoms with Crippen LogP contribution < -0.4 is 10.1 Å². The van der Waals surface area contributed by atoms with E-state index in [1.54, 1.807) is 24.3 Å². The topological polar surface area (TPSA) is 58.6 Å². The number of benzene rings is 1. The fourth-order valence-corrected chi connectivity index (χ4v) is 2.80. The second-order valence-electron chi connectivity index (χ2n) is 5.16. The molecule has 0 saturated carbocycles. The van der Waals surface area contributed by atoms with Crippen LogP contribution in [0.15, 0.2) is 24.3 Å². The highest BCUT2D eigenvalue weighted by molar-refractivity contribution is 5.77. The minimum Gasteiger partial charge on any atom is -0.497 e. The zero-order valence-corrected chi connectivity index (χ0v) is 11.4. The maximum absolute atomic E-state index is 13.3. The SMILES string of the molecule is COc1cccc(C[C@@H]2CNC[C@@]2(C(=O)O)C(F)(F)F)c1. The summed E-state index contributed by atoms with van der Waals surface area (Å²) in [5.74, 6) is -2.35. The van der Waals surface area contributed by atoms with Crippen LogP contribution in [-0.4, -0.2) is 37.5 Å². The van der Waals surface area contributed by atoms with Crippen LogP contribution in [0.2, 0.25) is 0 Å². The molecule has 0 spiro atoms. The lowest BCUT2D eigenvalue weighted by Gasteiger charge is -2.32. The summed E-state index contributed by atoms with van der Waals surface area (Å²) in [6.45, 7) is -0.580. The van der Waals surface area contributed by atoms with Crippen molar-refractivity contribution in [2.24, 2.45) is 11.3 Å². The Kier molecular flexibility index (Phi) is 4.13. The highest BCUT2D eigenvalue weighted by Crippen LogP contribution is 2.47. The van der Waals surface area contributed by atoms with Gasteiger partial charge in [-0.05, 0) is 30.7 Å². The number of alkyl halides is 3.